The largest absolute Gasteiger partial charge is 0.351 e. The van der Waals surface area contributed by atoms with E-state index >= 15 is 0 Å². The third kappa shape index (κ3) is 4.47. The van der Waals surface area contributed by atoms with Crippen LogP contribution in [0.25, 0.3) is 0 Å². The smallest absolute Gasteiger partial charge is 0.263 e. The first-order chi connectivity index (χ1) is 9.22. The molecule has 4 heteroatoms. The first-order valence-electron chi connectivity index (χ1n) is 6.44. The lowest BCUT2D eigenvalue weighted by atomic mass is 10.2. The van der Waals surface area contributed by atoms with Crippen LogP contribution in [0.15, 0.2) is 42.1 Å². The van der Waals surface area contributed by atoms with Gasteiger partial charge in [0, 0.05) is 25.0 Å². The van der Waals surface area contributed by atoms with Crippen LogP contribution in [0.4, 0.5) is 5.69 Å². The SMILES string of the molecule is CCCNC(=O)/C(C#N)=C\N(CC)c1ccccc1. The zero-order valence-corrected chi connectivity index (χ0v) is 11.4. The average Bonchev–Trinajstić information content (AvgIpc) is 2.47. The molecule has 0 aliphatic heterocycles. The van der Waals surface area contributed by atoms with E-state index in [2.05, 4.69) is 5.32 Å². The molecule has 0 saturated heterocycles. The van der Waals surface area contributed by atoms with Crippen molar-refractivity contribution in [2.75, 3.05) is 18.0 Å². The Balaban J connectivity index is 2.89. The van der Waals surface area contributed by atoms with Crippen LogP contribution >= 0.6 is 0 Å². The van der Waals surface area contributed by atoms with E-state index in [0.717, 1.165) is 12.1 Å². The Morgan fingerprint density at radius 2 is 2.05 bits per heavy atom. The molecule has 1 amide bonds. The second-order valence-electron chi connectivity index (χ2n) is 4.03. The quantitative estimate of drug-likeness (QED) is 0.629. The number of hydrogen-bond donors (Lipinski definition) is 1. The molecule has 1 rings (SSSR count). The monoisotopic (exact) mass is 257 g/mol. The molecule has 0 saturated carbocycles. The van der Waals surface area contributed by atoms with Crippen molar-refractivity contribution in [1.29, 1.82) is 5.26 Å². The molecule has 0 aliphatic rings. The van der Waals surface area contributed by atoms with E-state index in [9.17, 15) is 4.79 Å². The second-order valence-corrected chi connectivity index (χ2v) is 4.03. The molecule has 1 aromatic rings. The first kappa shape index (κ1) is 14.8. The van der Waals surface area contributed by atoms with Gasteiger partial charge in [-0.1, -0.05) is 25.1 Å². The lowest BCUT2D eigenvalue weighted by Crippen LogP contribution is -2.27. The van der Waals surface area contributed by atoms with E-state index in [0.29, 0.717) is 13.1 Å². The normalized spacial score (nSPS) is 10.7. The summed E-state index contributed by atoms with van der Waals surface area (Å²) in [4.78, 5) is 13.7. The molecule has 0 atom stereocenters. The van der Waals surface area contributed by atoms with E-state index in [1.54, 1.807) is 6.20 Å². The number of nitrogens with one attached hydrogen (secondary N) is 1. The lowest BCUT2D eigenvalue weighted by Gasteiger charge is -2.18. The predicted molar refractivity (Wildman–Crippen MR) is 76.5 cm³/mol. The van der Waals surface area contributed by atoms with Crippen LogP contribution < -0.4 is 10.2 Å². The number of amides is 1. The Kier molecular flexibility index (Phi) is 6.17. The summed E-state index contributed by atoms with van der Waals surface area (Å²) in [6.07, 6.45) is 2.45. The van der Waals surface area contributed by atoms with Crippen molar-refractivity contribution in [2.24, 2.45) is 0 Å². The number of nitriles is 1. The fourth-order valence-corrected chi connectivity index (χ4v) is 1.60. The highest BCUT2D eigenvalue weighted by Crippen LogP contribution is 2.14. The minimum Gasteiger partial charge on any atom is -0.351 e. The van der Waals surface area contributed by atoms with Crippen molar-refractivity contribution in [1.82, 2.24) is 5.32 Å². The zero-order chi connectivity index (χ0) is 14.1. The van der Waals surface area contributed by atoms with Gasteiger partial charge < -0.3 is 10.2 Å². The van der Waals surface area contributed by atoms with E-state index in [-0.39, 0.29) is 11.5 Å². The third-order valence-corrected chi connectivity index (χ3v) is 2.61. The van der Waals surface area contributed by atoms with Crippen molar-refractivity contribution in [3.63, 3.8) is 0 Å². The summed E-state index contributed by atoms with van der Waals surface area (Å²) in [6.45, 7) is 5.21. The van der Waals surface area contributed by atoms with Gasteiger partial charge >= 0.3 is 0 Å². The number of benzene rings is 1. The van der Waals surface area contributed by atoms with Crippen molar-refractivity contribution < 1.29 is 4.79 Å². The second kappa shape index (κ2) is 7.93. The lowest BCUT2D eigenvalue weighted by molar-refractivity contribution is -0.117. The molecule has 4 nitrogen and oxygen atoms in total. The number of rotatable bonds is 6. The molecule has 1 aromatic carbocycles. The summed E-state index contributed by atoms with van der Waals surface area (Å²) < 4.78 is 0. The Labute approximate surface area is 114 Å². The summed E-state index contributed by atoms with van der Waals surface area (Å²) in [6, 6.07) is 11.6. The summed E-state index contributed by atoms with van der Waals surface area (Å²) in [5.74, 6) is -0.321. The van der Waals surface area contributed by atoms with Crippen LogP contribution in [-0.4, -0.2) is 19.0 Å². The third-order valence-electron chi connectivity index (χ3n) is 2.61. The van der Waals surface area contributed by atoms with Crippen LogP contribution in [0.5, 0.6) is 0 Å². The predicted octanol–water partition coefficient (Wildman–Crippen LogP) is 2.45. The van der Waals surface area contributed by atoms with Gasteiger partial charge in [0.25, 0.3) is 5.91 Å². The molecular formula is C15H19N3O. The molecule has 0 heterocycles. The average molecular weight is 257 g/mol. The van der Waals surface area contributed by atoms with E-state index < -0.39 is 0 Å². The topological polar surface area (TPSA) is 56.1 Å². The molecule has 0 aromatic heterocycles. The Hall–Kier alpha value is -2.28. The molecule has 0 bridgehead atoms. The maximum absolute atomic E-state index is 11.8. The molecule has 0 aliphatic carbocycles. The van der Waals surface area contributed by atoms with Gasteiger partial charge in [0.15, 0.2) is 0 Å². The fraction of sp³-hybridized carbons (Fsp3) is 0.333. The minimum atomic E-state index is -0.321. The Morgan fingerprint density at radius 3 is 2.58 bits per heavy atom. The van der Waals surface area contributed by atoms with Crippen LogP contribution in [-0.2, 0) is 4.79 Å². The number of carbonyl (C=O) groups excluding carboxylic acids is 1. The van der Waals surface area contributed by atoms with E-state index in [1.165, 1.54) is 0 Å². The van der Waals surface area contributed by atoms with Gasteiger partial charge in [-0.3, -0.25) is 4.79 Å². The van der Waals surface area contributed by atoms with Crippen LogP contribution in [0.3, 0.4) is 0 Å². The minimum absolute atomic E-state index is 0.124. The van der Waals surface area contributed by atoms with Gasteiger partial charge in [0.05, 0.1) is 0 Å². The summed E-state index contributed by atoms with van der Waals surface area (Å²) in [7, 11) is 0. The number of hydrogen-bond acceptors (Lipinski definition) is 3. The highest BCUT2D eigenvalue weighted by molar-refractivity contribution is 5.97. The Bertz CT molecular complexity index is 474. The van der Waals surface area contributed by atoms with Gasteiger partial charge in [0.2, 0.25) is 0 Å². The summed E-state index contributed by atoms with van der Waals surface area (Å²) >= 11 is 0. The molecular weight excluding hydrogens is 238 g/mol. The standard InChI is InChI=1S/C15H19N3O/c1-3-10-17-15(19)13(11-16)12-18(4-2)14-8-6-5-7-9-14/h5-9,12H,3-4,10H2,1-2H3,(H,17,19)/b13-12-. The highest BCUT2D eigenvalue weighted by atomic mass is 16.1. The van der Waals surface area contributed by atoms with Gasteiger partial charge in [-0.2, -0.15) is 5.26 Å². The first-order valence-corrected chi connectivity index (χ1v) is 6.44. The molecule has 1 N–H and O–H groups in total. The molecule has 100 valence electrons. The van der Waals surface area contributed by atoms with Crippen molar-refractivity contribution in [2.45, 2.75) is 20.3 Å². The molecule has 0 fully saturated rings. The van der Waals surface area contributed by atoms with Gasteiger partial charge in [-0.15, -0.1) is 0 Å². The van der Waals surface area contributed by atoms with Gasteiger partial charge in [-0.05, 0) is 25.5 Å². The number of carbonyl (C=O) groups is 1. The highest BCUT2D eigenvalue weighted by Gasteiger charge is 2.10. The van der Waals surface area contributed by atoms with Gasteiger partial charge in [0.1, 0.15) is 11.6 Å². The molecule has 19 heavy (non-hydrogen) atoms. The van der Waals surface area contributed by atoms with Gasteiger partial charge in [-0.25, -0.2) is 0 Å². The molecule has 0 unspecified atom stereocenters. The van der Waals surface area contributed by atoms with Crippen LogP contribution in [0.2, 0.25) is 0 Å². The maximum atomic E-state index is 11.8. The van der Waals surface area contributed by atoms with Crippen LogP contribution in [0.1, 0.15) is 20.3 Å². The van der Waals surface area contributed by atoms with Crippen molar-refractivity contribution >= 4 is 11.6 Å². The fourth-order valence-electron chi connectivity index (χ4n) is 1.60. The maximum Gasteiger partial charge on any atom is 0.263 e. The van der Waals surface area contributed by atoms with Crippen molar-refractivity contribution in [3.05, 3.63) is 42.1 Å². The van der Waals surface area contributed by atoms with E-state index in [1.807, 2.05) is 55.1 Å². The number of anilines is 1. The van der Waals surface area contributed by atoms with Crippen molar-refractivity contribution in [3.8, 4) is 6.07 Å². The summed E-state index contributed by atoms with van der Waals surface area (Å²) in [5.41, 5.74) is 1.08. The number of para-hydroxylation sites is 1. The van der Waals surface area contributed by atoms with E-state index in [4.69, 9.17) is 5.26 Å². The van der Waals surface area contributed by atoms with Crippen LogP contribution in [0, 0.1) is 11.3 Å². The molecule has 0 spiro atoms. The number of nitrogens with zero attached hydrogens (tertiary/aromatic N) is 2. The zero-order valence-electron chi connectivity index (χ0n) is 11.4. The Morgan fingerprint density at radius 1 is 1.37 bits per heavy atom. The molecule has 0 radical (unpaired) electrons. The summed E-state index contributed by atoms with van der Waals surface area (Å²) in [5, 5.41) is 11.8.